The number of carbonyl (C=O) groups excluding carboxylic acids is 1. The van der Waals surface area contributed by atoms with Gasteiger partial charge in [0.2, 0.25) is 0 Å². The van der Waals surface area contributed by atoms with Crippen LogP contribution in [0.25, 0.3) is 10.8 Å². The molecule has 3 aromatic carbocycles. The van der Waals surface area contributed by atoms with Crippen LogP contribution in [0.1, 0.15) is 21.5 Å². The Morgan fingerprint density at radius 3 is 2.13 bits per heavy atom. The summed E-state index contributed by atoms with van der Waals surface area (Å²) in [4.78, 5) is 12.5. The molecule has 0 aromatic heterocycles. The van der Waals surface area contributed by atoms with Gasteiger partial charge in [-0.2, -0.15) is 0 Å². The summed E-state index contributed by atoms with van der Waals surface area (Å²) < 4.78 is 28.8. The fourth-order valence-electron chi connectivity index (χ4n) is 3.43. The molecule has 0 heterocycles. The van der Waals surface area contributed by atoms with Gasteiger partial charge in [-0.05, 0) is 34.5 Å². The minimum Gasteiger partial charge on any atom is -0.496 e. The molecule has 3 aromatic rings. The number of hydrogen-bond acceptors (Lipinski definition) is 6. The number of fused-ring (bicyclic) bond motifs is 1. The van der Waals surface area contributed by atoms with E-state index in [0.29, 0.717) is 44.9 Å². The van der Waals surface area contributed by atoms with Gasteiger partial charge in [-0.25, -0.2) is 4.79 Å². The lowest BCUT2D eigenvalue weighted by molar-refractivity contribution is 0.0597. The highest BCUT2D eigenvalue weighted by Gasteiger charge is 2.28. The van der Waals surface area contributed by atoms with Crippen molar-refractivity contribution in [2.75, 3.05) is 28.4 Å². The first-order valence-electron chi connectivity index (χ1n) is 9.18. The van der Waals surface area contributed by atoms with E-state index in [1.165, 1.54) is 21.3 Å². The van der Waals surface area contributed by atoms with Crippen LogP contribution in [0.15, 0.2) is 40.9 Å². The van der Waals surface area contributed by atoms with Crippen LogP contribution in [0.5, 0.6) is 23.0 Å². The van der Waals surface area contributed by atoms with E-state index in [1.807, 2.05) is 37.3 Å². The zero-order chi connectivity index (χ0) is 21.8. The monoisotopic (exact) mass is 474 g/mol. The molecular formula is C23H23BrO6. The first-order chi connectivity index (χ1) is 14.5. The first kappa shape index (κ1) is 21.8. The molecule has 0 aliphatic heterocycles. The molecule has 0 fully saturated rings. The van der Waals surface area contributed by atoms with Crippen molar-refractivity contribution in [3.05, 3.63) is 57.6 Å². The molecule has 0 saturated carbocycles. The summed E-state index contributed by atoms with van der Waals surface area (Å²) in [5.41, 5.74) is 2.00. The molecule has 6 nitrogen and oxygen atoms in total. The predicted octanol–water partition coefficient (Wildman–Crippen LogP) is 5.30. The number of carbonyl (C=O) groups is 1. The maximum atomic E-state index is 12.5. The summed E-state index contributed by atoms with van der Waals surface area (Å²) in [6.45, 7) is 2.22. The van der Waals surface area contributed by atoms with E-state index in [9.17, 15) is 4.79 Å². The van der Waals surface area contributed by atoms with Crippen molar-refractivity contribution in [2.45, 2.75) is 13.5 Å². The Balaban J connectivity index is 2.37. The van der Waals surface area contributed by atoms with Crippen LogP contribution in [0.4, 0.5) is 0 Å². The van der Waals surface area contributed by atoms with Crippen LogP contribution < -0.4 is 18.9 Å². The number of methoxy groups -OCH3 is 4. The van der Waals surface area contributed by atoms with Crippen molar-refractivity contribution >= 4 is 32.7 Å². The largest absolute Gasteiger partial charge is 0.496 e. The van der Waals surface area contributed by atoms with Crippen LogP contribution >= 0.6 is 15.9 Å². The minimum atomic E-state index is -0.536. The van der Waals surface area contributed by atoms with Crippen molar-refractivity contribution in [1.29, 1.82) is 0 Å². The number of esters is 1. The summed E-state index contributed by atoms with van der Waals surface area (Å²) in [7, 11) is 5.95. The van der Waals surface area contributed by atoms with Crippen molar-refractivity contribution < 1.29 is 28.5 Å². The SMILES string of the molecule is COC(=O)c1cc(OC)c2c(Br)c(OC)c(C)c(OCc3ccccc3)c2c1OC. The molecule has 0 amide bonds. The standard InChI is InChI=1S/C23H23BrO6/c1-13-20(30-12-14-9-7-6-8-10-14)18-17(19(24)21(13)27-3)16(26-2)11-15(22(18)28-4)23(25)29-5/h6-11H,12H2,1-5H3. The summed E-state index contributed by atoms with van der Waals surface area (Å²) in [5.74, 6) is 1.41. The lowest BCUT2D eigenvalue weighted by Gasteiger charge is -2.22. The van der Waals surface area contributed by atoms with Gasteiger partial charge in [-0.15, -0.1) is 0 Å². The fraction of sp³-hybridized carbons (Fsp3) is 0.261. The van der Waals surface area contributed by atoms with Gasteiger partial charge in [0.1, 0.15) is 35.2 Å². The topological polar surface area (TPSA) is 63.2 Å². The van der Waals surface area contributed by atoms with Crippen LogP contribution in [0.3, 0.4) is 0 Å². The third-order valence-corrected chi connectivity index (χ3v) is 5.59. The summed E-state index contributed by atoms with van der Waals surface area (Å²) in [6, 6.07) is 11.4. The Morgan fingerprint density at radius 1 is 0.900 bits per heavy atom. The van der Waals surface area contributed by atoms with Gasteiger partial charge in [0.25, 0.3) is 0 Å². The van der Waals surface area contributed by atoms with Gasteiger partial charge in [0.05, 0.1) is 38.3 Å². The normalized spacial score (nSPS) is 10.6. The fourth-order valence-corrected chi connectivity index (χ4v) is 4.28. The highest BCUT2D eigenvalue weighted by molar-refractivity contribution is 9.10. The Labute approximate surface area is 183 Å². The van der Waals surface area contributed by atoms with Crippen LogP contribution in [0, 0.1) is 6.92 Å². The number of hydrogen-bond donors (Lipinski definition) is 0. The summed E-state index contributed by atoms with van der Waals surface area (Å²) in [5, 5.41) is 1.27. The average Bonchev–Trinajstić information content (AvgIpc) is 2.78. The van der Waals surface area contributed by atoms with Gasteiger partial charge in [0.15, 0.2) is 0 Å². The van der Waals surface area contributed by atoms with Crippen molar-refractivity contribution in [3.8, 4) is 23.0 Å². The molecule has 0 aliphatic carbocycles. The van der Waals surface area contributed by atoms with E-state index >= 15 is 0 Å². The Morgan fingerprint density at radius 2 is 1.57 bits per heavy atom. The molecule has 158 valence electrons. The Kier molecular flexibility index (Phi) is 6.72. The molecule has 3 rings (SSSR count). The van der Waals surface area contributed by atoms with Gasteiger partial charge in [-0.3, -0.25) is 0 Å². The second-order valence-electron chi connectivity index (χ2n) is 6.48. The Hall–Kier alpha value is -2.93. The second-order valence-corrected chi connectivity index (χ2v) is 7.27. The van der Waals surface area contributed by atoms with Crippen molar-refractivity contribution in [1.82, 2.24) is 0 Å². The van der Waals surface area contributed by atoms with E-state index in [-0.39, 0.29) is 5.56 Å². The first-order valence-corrected chi connectivity index (χ1v) is 9.97. The highest BCUT2D eigenvalue weighted by Crippen LogP contribution is 2.51. The molecule has 0 spiro atoms. The molecule has 0 unspecified atom stereocenters. The van der Waals surface area contributed by atoms with E-state index in [2.05, 4.69) is 15.9 Å². The third kappa shape index (κ3) is 3.77. The van der Waals surface area contributed by atoms with Crippen LogP contribution in [0.2, 0.25) is 0 Å². The number of halogens is 1. The van der Waals surface area contributed by atoms with Crippen molar-refractivity contribution in [3.63, 3.8) is 0 Å². The van der Waals surface area contributed by atoms with Crippen LogP contribution in [-0.4, -0.2) is 34.4 Å². The molecule has 0 N–H and O–H groups in total. The third-order valence-electron chi connectivity index (χ3n) is 4.83. The predicted molar refractivity (Wildman–Crippen MR) is 118 cm³/mol. The minimum absolute atomic E-state index is 0.241. The average molecular weight is 475 g/mol. The lowest BCUT2D eigenvalue weighted by Crippen LogP contribution is -2.08. The maximum absolute atomic E-state index is 12.5. The molecule has 0 bridgehead atoms. The van der Waals surface area contributed by atoms with E-state index in [0.717, 1.165) is 11.1 Å². The molecule has 30 heavy (non-hydrogen) atoms. The van der Waals surface area contributed by atoms with E-state index in [1.54, 1.807) is 13.2 Å². The summed E-state index contributed by atoms with van der Waals surface area (Å²) >= 11 is 3.62. The molecule has 0 saturated heterocycles. The summed E-state index contributed by atoms with van der Waals surface area (Å²) in [6.07, 6.45) is 0. The molecule has 0 aliphatic rings. The Bertz CT molecular complexity index is 1080. The van der Waals surface area contributed by atoms with Crippen LogP contribution in [-0.2, 0) is 11.3 Å². The van der Waals surface area contributed by atoms with Gasteiger partial charge in [0, 0.05) is 10.9 Å². The molecular weight excluding hydrogens is 452 g/mol. The van der Waals surface area contributed by atoms with Gasteiger partial charge < -0.3 is 23.7 Å². The quantitative estimate of drug-likeness (QED) is 0.432. The number of ether oxygens (including phenoxy) is 5. The number of rotatable bonds is 7. The highest BCUT2D eigenvalue weighted by atomic mass is 79.9. The lowest BCUT2D eigenvalue weighted by atomic mass is 9.99. The zero-order valence-corrected chi connectivity index (χ0v) is 19.1. The van der Waals surface area contributed by atoms with Crippen molar-refractivity contribution in [2.24, 2.45) is 0 Å². The van der Waals surface area contributed by atoms with Gasteiger partial charge >= 0.3 is 5.97 Å². The van der Waals surface area contributed by atoms with E-state index < -0.39 is 5.97 Å². The second kappa shape index (κ2) is 9.26. The molecule has 0 radical (unpaired) electrons. The van der Waals surface area contributed by atoms with E-state index in [4.69, 9.17) is 23.7 Å². The smallest absolute Gasteiger partial charge is 0.341 e. The molecule has 7 heteroatoms. The molecule has 0 atom stereocenters. The maximum Gasteiger partial charge on any atom is 0.341 e. The number of benzene rings is 3. The zero-order valence-electron chi connectivity index (χ0n) is 17.5. The van der Waals surface area contributed by atoms with Gasteiger partial charge in [-0.1, -0.05) is 30.3 Å².